The minimum atomic E-state index is -0.0971. The number of pyridine rings is 1. The van der Waals surface area contributed by atoms with E-state index in [1.54, 1.807) is 18.9 Å². The van der Waals surface area contributed by atoms with Crippen molar-refractivity contribution in [3.63, 3.8) is 0 Å². The maximum atomic E-state index is 9.57. The molecule has 140 valence electrons. The largest absolute Gasteiger partial charge is 0.395 e. The zero-order valence-electron chi connectivity index (χ0n) is 15.1. The van der Waals surface area contributed by atoms with E-state index in [2.05, 4.69) is 38.2 Å². The molecule has 9 heteroatoms. The van der Waals surface area contributed by atoms with Gasteiger partial charge in [0.15, 0.2) is 5.11 Å². The molecule has 4 heterocycles. The molecule has 27 heavy (non-hydrogen) atoms. The number of aliphatic hydroxyl groups excluding tert-OH is 1. The molecule has 2 atom stereocenters. The fourth-order valence-electron chi connectivity index (χ4n) is 3.82. The van der Waals surface area contributed by atoms with Gasteiger partial charge in [-0.25, -0.2) is 4.68 Å². The van der Waals surface area contributed by atoms with Crippen molar-refractivity contribution in [2.75, 3.05) is 13.2 Å². The molecule has 1 aliphatic heterocycles. The Kier molecular flexibility index (Phi) is 4.63. The van der Waals surface area contributed by atoms with E-state index in [1.807, 2.05) is 34.7 Å². The molecule has 2 N–H and O–H groups in total. The molecule has 0 unspecified atom stereocenters. The summed E-state index contributed by atoms with van der Waals surface area (Å²) in [6.07, 6.45) is 5.12. The van der Waals surface area contributed by atoms with Crippen LogP contribution >= 0.6 is 12.2 Å². The van der Waals surface area contributed by atoms with Crippen LogP contribution in [0.25, 0.3) is 0 Å². The Bertz CT molecular complexity index is 938. The van der Waals surface area contributed by atoms with Gasteiger partial charge in [-0.2, -0.15) is 0 Å². The van der Waals surface area contributed by atoms with Gasteiger partial charge in [0.2, 0.25) is 0 Å². The van der Waals surface area contributed by atoms with E-state index in [1.165, 1.54) is 0 Å². The lowest BCUT2D eigenvalue weighted by Gasteiger charge is -2.27. The number of rotatable bonds is 5. The van der Waals surface area contributed by atoms with E-state index in [0.29, 0.717) is 11.7 Å². The minimum absolute atomic E-state index is 0.0252. The highest BCUT2D eigenvalue weighted by atomic mass is 32.1. The van der Waals surface area contributed by atoms with Gasteiger partial charge >= 0.3 is 0 Å². The molecule has 3 aromatic rings. The summed E-state index contributed by atoms with van der Waals surface area (Å²) >= 11 is 5.57. The molecule has 1 fully saturated rings. The summed E-state index contributed by atoms with van der Waals surface area (Å²) in [5.74, 6) is 0. The first-order valence-corrected chi connectivity index (χ1v) is 9.15. The second-order valence-electron chi connectivity index (χ2n) is 6.52. The van der Waals surface area contributed by atoms with Crippen molar-refractivity contribution in [3.05, 3.63) is 65.8 Å². The van der Waals surface area contributed by atoms with Gasteiger partial charge in [0.05, 0.1) is 24.4 Å². The monoisotopic (exact) mass is 383 g/mol. The van der Waals surface area contributed by atoms with Crippen molar-refractivity contribution in [1.82, 2.24) is 34.8 Å². The molecule has 0 spiro atoms. The number of nitrogens with zero attached hydrogens (tertiary/aromatic N) is 6. The van der Waals surface area contributed by atoms with Crippen molar-refractivity contribution < 1.29 is 5.11 Å². The highest BCUT2D eigenvalue weighted by Gasteiger charge is 2.41. The number of aliphatic hydroxyl groups is 1. The predicted octanol–water partition coefficient (Wildman–Crippen LogP) is 1.37. The van der Waals surface area contributed by atoms with E-state index in [0.717, 1.165) is 22.6 Å². The predicted molar refractivity (Wildman–Crippen MR) is 104 cm³/mol. The van der Waals surface area contributed by atoms with Gasteiger partial charge < -0.3 is 15.3 Å². The number of aromatic nitrogens is 5. The van der Waals surface area contributed by atoms with Gasteiger partial charge in [-0.05, 0) is 44.3 Å². The number of hydrogen-bond donors (Lipinski definition) is 2. The van der Waals surface area contributed by atoms with Gasteiger partial charge in [0.1, 0.15) is 12.7 Å². The topological polar surface area (TPSA) is 84.0 Å². The summed E-state index contributed by atoms with van der Waals surface area (Å²) in [6.45, 7) is 4.59. The summed E-state index contributed by atoms with van der Waals surface area (Å²) in [6, 6.07) is 7.84. The fraction of sp³-hybridized carbons (Fsp3) is 0.333. The number of aryl methyl sites for hydroxylation is 1. The number of β-amino-alcohol motifs (C(OH)–C–C–N with tert-alkyl or cyclic N) is 1. The third-order valence-electron chi connectivity index (χ3n) is 4.93. The smallest absolute Gasteiger partial charge is 0.170 e. The van der Waals surface area contributed by atoms with Crippen molar-refractivity contribution >= 4 is 17.3 Å². The first-order valence-electron chi connectivity index (χ1n) is 8.75. The van der Waals surface area contributed by atoms with Crippen LogP contribution in [0, 0.1) is 13.8 Å². The molecule has 0 amide bonds. The van der Waals surface area contributed by atoms with Crippen molar-refractivity contribution in [3.8, 4) is 0 Å². The fourth-order valence-corrected chi connectivity index (χ4v) is 4.16. The van der Waals surface area contributed by atoms with Crippen LogP contribution in [0.3, 0.4) is 0 Å². The Morgan fingerprint density at radius 2 is 2.00 bits per heavy atom. The van der Waals surface area contributed by atoms with Crippen LogP contribution in [0.1, 0.15) is 34.7 Å². The average molecular weight is 383 g/mol. The van der Waals surface area contributed by atoms with Gasteiger partial charge in [-0.3, -0.25) is 9.66 Å². The van der Waals surface area contributed by atoms with Gasteiger partial charge in [0.25, 0.3) is 0 Å². The van der Waals surface area contributed by atoms with E-state index in [-0.39, 0.29) is 18.7 Å². The molecule has 0 aromatic carbocycles. The lowest BCUT2D eigenvalue weighted by Crippen LogP contribution is -2.32. The van der Waals surface area contributed by atoms with Gasteiger partial charge in [-0.1, -0.05) is 6.07 Å². The third-order valence-corrected chi connectivity index (χ3v) is 5.28. The maximum Gasteiger partial charge on any atom is 0.170 e. The third kappa shape index (κ3) is 2.98. The Morgan fingerprint density at radius 3 is 2.67 bits per heavy atom. The SMILES string of the molecule is Cc1cc([C@@H]2[C@@H](c3ccccn3)NC(=S)N2CCO)c(C)n1-n1cnnc1. The summed E-state index contributed by atoms with van der Waals surface area (Å²) in [4.78, 5) is 6.57. The Morgan fingerprint density at radius 1 is 1.22 bits per heavy atom. The molecule has 0 saturated carbocycles. The van der Waals surface area contributed by atoms with E-state index in [9.17, 15) is 5.11 Å². The molecule has 0 bridgehead atoms. The zero-order chi connectivity index (χ0) is 19.0. The summed E-state index contributed by atoms with van der Waals surface area (Å²) in [5, 5.41) is 21.4. The van der Waals surface area contributed by atoms with Gasteiger partial charge in [0, 0.05) is 29.7 Å². The summed E-state index contributed by atoms with van der Waals surface area (Å²) < 4.78 is 3.91. The first-order chi connectivity index (χ1) is 13.1. The molecular formula is C18H21N7OS. The Hall–Kier alpha value is -2.78. The second kappa shape index (κ2) is 7.09. The quantitative estimate of drug-likeness (QED) is 0.644. The minimum Gasteiger partial charge on any atom is -0.395 e. The van der Waals surface area contributed by atoms with Crippen LogP contribution in [-0.4, -0.2) is 52.8 Å². The molecule has 0 aliphatic carbocycles. The summed E-state index contributed by atoms with van der Waals surface area (Å²) in [7, 11) is 0. The van der Waals surface area contributed by atoms with E-state index >= 15 is 0 Å². The lowest BCUT2D eigenvalue weighted by molar-refractivity contribution is 0.222. The van der Waals surface area contributed by atoms with E-state index < -0.39 is 0 Å². The van der Waals surface area contributed by atoms with Crippen LogP contribution in [0.5, 0.6) is 0 Å². The Labute approximate surface area is 162 Å². The zero-order valence-corrected chi connectivity index (χ0v) is 16.0. The number of nitrogens with one attached hydrogen (secondary N) is 1. The molecule has 1 saturated heterocycles. The van der Waals surface area contributed by atoms with Crippen LogP contribution in [0.2, 0.25) is 0 Å². The lowest BCUT2D eigenvalue weighted by atomic mass is 9.97. The van der Waals surface area contributed by atoms with Crippen LogP contribution in [0.15, 0.2) is 43.1 Å². The normalized spacial score (nSPS) is 19.5. The standard InChI is InChI=1S/C18H21N7OS/c1-12-9-14(13(2)25(12)23-10-20-21-11-23)17-16(15-5-3-4-6-19-15)22-18(27)24(17)7-8-26/h3-6,9-11,16-17,26H,7-8H2,1-2H3,(H,22,27)/t16-,17-/m1/s1. The van der Waals surface area contributed by atoms with Crippen LogP contribution in [0.4, 0.5) is 0 Å². The average Bonchev–Trinajstić information content (AvgIpc) is 3.36. The Balaban J connectivity index is 1.83. The highest BCUT2D eigenvalue weighted by molar-refractivity contribution is 7.80. The summed E-state index contributed by atoms with van der Waals surface area (Å²) in [5.41, 5.74) is 4.16. The first kappa shape index (κ1) is 17.6. The van der Waals surface area contributed by atoms with Crippen LogP contribution in [-0.2, 0) is 0 Å². The van der Waals surface area contributed by atoms with Gasteiger partial charge in [-0.15, -0.1) is 10.2 Å². The van der Waals surface area contributed by atoms with Crippen molar-refractivity contribution in [2.24, 2.45) is 0 Å². The number of thiocarbonyl (C=S) groups is 1. The molecule has 4 rings (SSSR count). The second-order valence-corrected chi connectivity index (χ2v) is 6.91. The van der Waals surface area contributed by atoms with Crippen molar-refractivity contribution in [2.45, 2.75) is 25.9 Å². The molecule has 3 aromatic heterocycles. The maximum absolute atomic E-state index is 9.57. The van der Waals surface area contributed by atoms with E-state index in [4.69, 9.17) is 12.2 Å². The molecule has 1 aliphatic rings. The number of hydrogen-bond acceptors (Lipinski definition) is 5. The molecule has 8 nitrogen and oxygen atoms in total. The van der Waals surface area contributed by atoms with Crippen molar-refractivity contribution in [1.29, 1.82) is 0 Å². The molecule has 0 radical (unpaired) electrons. The highest BCUT2D eigenvalue weighted by Crippen LogP contribution is 2.40. The van der Waals surface area contributed by atoms with Crippen LogP contribution < -0.4 is 5.32 Å². The molecular weight excluding hydrogens is 362 g/mol.